The van der Waals surface area contributed by atoms with Gasteiger partial charge in [-0.2, -0.15) is 4.39 Å². The molecule has 0 aliphatic carbocycles. The zero-order valence-corrected chi connectivity index (χ0v) is 12.8. The minimum Gasteiger partial charge on any atom is -0.309 e. The van der Waals surface area contributed by atoms with Crippen LogP contribution in [0, 0.1) is 5.13 Å². The molecule has 2 nitrogen and oxygen atoms in total. The average Bonchev–Trinajstić information content (AvgIpc) is 2.58. The van der Waals surface area contributed by atoms with Crippen LogP contribution in [-0.2, 0) is 12.8 Å². The molecule has 0 saturated carbocycles. The predicted octanol–water partition coefficient (Wildman–Crippen LogP) is 2.88. The van der Waals surface area contributed by atoms with Gasteiger partial charge in [0.2, 0.25) is 0 Å². The zero-order valence-electron chi connectivity index (χ0n) is 12.0. The number of thiophene rings is 1. The van der Waals surface area contributed by atoms with Crippen LogP contribution in [0.15, 0.2) is 6.07 Å². The largest absolute Gasteiger partial charge is 0.309 e. The molecule has 1 rings (SSSR count). The van der Waals surface area contributed by atoms with Gasteiger partial charge in [0.05, 0.1) is 0 Å². The molecule has 0 amide bonds. The molecule has 0 spiro atoms. The van der Waals surface area contributed by atoms with Gasteiger partial charge < -0.3 is 9.80 Å². The van der Waals surface area contributed by atoms with Crippen molar-refractivity contribution in [1.82, 2.24) is 9.80 Å². The van der Waals surface area contributed by atoms with Crippen molar-refractivity contribution in [3.05, 3.63) is 21.6 Å². The lowest BCUT2D eigenvalue weighted by Crippen LogP contribution is -2.14. The van der Waals surface area contributed by atoms with Crippen LogP contribution in [0.25, 0.3) is 0 Å². The van der Waals surface area contributed by atoms with Gasteiger partial charge in [-0.05, 0) is 78.6 Å². The van der Waals surface area contributed by atoms with Crippen molar-refractivity contribution < 1.29 is 4.39 Å². The molecule has 0 saturated heterocycles. The molecule has 104 valence electrons. The number of rotatable bonds is 8. The lowest BCUT2D eigenvalue weighted by molar-refractivity contribution is 0.398. The Morgan fingerprint density at radius 2 is 1.56 bits per heavy atom. The highest BCUT2D eigenvalue weighted by Crippen LogP contribution is 2.24. The van der Waals surface area contributed by atoms with Crippen molar-refractivity contribution in [1.29, 1.82) is 0 Å². The highest BCUT2D eigenvalue weighted by Gasteiger charge is 2.09. The van der Waals surface area contributed by atoms with Gasteiger partial charge in [0, 0.05) is 4.88 Å². The molecule has 4 heteroatoms. The van der Waals surface area contributed by atoms with Crippen LogP contribution in [0.4, 0.5) is 4.39 Å². The maximum absolute atomic E-state index is 13.4. The number of hydrogen-bond donors (Lipinski definition) is 0. The average molecular weight is 272 g/mol. The van der Waals surface area contributed by atoms with Crippen LogP contribution in [0.5, 0.6) is 0 Å². The summed E-state index contributed by atoms with van der Waals surface area (Å²) in [6, 6.07) is 1.73. The van der Waals surface area contributed by atoms with Crippen LogP contribution in [0.2, 0.25) is 0 Å². The van der Waals surface area contributed by atoms with E-state index >= 15 is 0 Å². The summed E-state index contributed by atoms with van der Waals surface area (Å²) < 4.78 is 13.4. The molecule has 0 aromatic carbocycles. The topological polar surface area (TPSA) is 6.48 Å². The number of nitrogens with zero attached hydrogens (tertiary/aromatic N) is 2. The van der Waals surface area contributed by atoms with E-state index in [-0.39, 0.29) is 5.13 Å². The first kappa shape index (κ1) is 15.6. The first-order valence-corrected chi connectivity index (χ1v) is 7.37. The third-order valence-electron chi connectivity index (χ3n) is 2.93. The van der Waals surface area contributed by atoms with Gasteiger partial charge in [-0.25, -0.2) is 0 Å². The van der Waals surface area contributed by atoms with E-state index < -0.39 is 0 Å². The van der Waals surface area contributed by atoms with Gasteiger partial charge >= 0.3 is 0 Å². The molecule has 1 heterocycles. The van der Waals surface area contributed by atoms with Crippen LogP contribution in [0.1, 0.15) is 23.3 Å². The first-order valence-electron chi connectivity index (χ1n) is 6.55. The molecule has 1 aromatic rings. The van der Waals surface area contributed by atoms with Crippen molar-refractivity contribution in [2.45, 2.75) is 25.7 Å². The Kier molecular flexibility index (Phi) is 6.82. The zero-order chi connectivity index (χ0) is 13.5. The third kappa shape index (κ3) is 5.94. The number of aryl methyl sites for hydroxylation is 2. The summed E-state index contributed by atoms with van der Waals surface area (Å²) in [4.78, 5) is 5.59. The predicted molar refractivity (Wildman–Crippen MR) is 78.0 cm³/mol. The SMILES string of the molecule is CN(C)CCCc1cc(F)sc1CCCN(C)C. The summed E-state index contributed by atoms with van der Waals surface area (Å²) in [6.07, 6.45) is 4.21. The molecule has 0 fully saturated rings. The van der Waals surface area contributed by atoms with Gasteiger partial charge in [0.1, 0.15) is 0 Å². The van der Waals surface area contributed by atoms with Crippen molar-refractivity contribution >= 4 is 11.3 Å². The first-order chi connectivity index (χ1) is 8.49. The van der Waals surface area contributed by atoms with Gasteiger partial charge in [-0.1, -0.05) is 0 Å². The van der Waals surface area contributed by atoms with E-state index in [0.29, 0.717) is 0 Å². The van der Waals surface area contributed by atoms with Gasteiger partial charge in [0.15, 0.2) is 5.13 Å². The second-order valence-corrected chi connectivity index (χ2v) is 6.40. The highest BCUT2D eigenvalue weighted by molar-refractivity contribution is 7.10. The fraction of sp³-hybridized carbons (Fsp3) is 0.714. The Bertz CT molecular complexity index is 316. The van der Waals surface area contributed by atoms with E-state index in [1.54, 1.807) is 6.07 Å². The van der Waals surface area contributed by atoms with Crippen LogP contribution in [-0.4, -0.2) is 51.1 Å². The van der Waals surface area contributed by atoms with Crippen molar-refractivity contribution in [3.63, 3.8) is 0 Å². The van der Waals surface area contributed by atoms with Crippen molar-refractivity contribution in [3.8, 4) is 0 Å². The number of halogens is 1. The summed E-state index contributed by atoms with van der Waals surface area (Å²) >= 11 is 1.33. The third-order valence-corrected chi connectivity index (χ3v) is 3.95. The Morgan fingerprint density at radius 1 is 1.00 bits per heavy atom. The molecule has 0 N–H and O–H groups in total. The fourth-order valence-electron chi connectivity index (χ4n) is 1.99. The molecule has 0 aliphatic heterocycles. The monoisotopic (exact) mass is 272 g/mol. The summed E-state index contributed by atoms with van der Waals surface area (Å²) in [6.45, 7) is 2.13. The Balaban J connectivity index is 2.45. The van der Waals surface area contributed by atoms with Gasteiger partial charge in [0.25, 0.3) is 0 Å². The van der Waals surface area contributed by atoms with Crippen molar-refractivity contribution in [2.75, 3.05) is 41.3 Å². The van der Waals surface area contributed by atoms with E-state index in [1.807, 2.05) is 0 Å². The molecule has 0 atom stereocenters. The van der Waals surface area contributed by atoms with E-state index in [0.717, 1.165) is 38.8 Å². The van der Waals surface area contributed by atoms with E-state index in [9.17, 15) is 4.39 Å². The standard InChI is InChI=1S/C14H25FN2S/c1-16(2)9-5-7-12-11-14(15)18-13(12)8-6-10-17(3)4/h11H,5-10H2,1-4H3. The quantitative estimate of drug-likeness (QED) is 0.718. The second kappa shape index (κ2) is 7.87. The van der Waals surface area contributed by atoms with Crippen LogP contribution >= 0.6 is 11.3 Å². The summed E-state index contributed by atoms with van der Waals surface area (Å²) in [5, 5.41) is -0.0327. The molecule has 0 bridgehead atoms. The van der Waals surface area contributed by atoms with Gasteiger partial charge in [-0.15, -0.1) is 11.3 Å². The molecular formula is C14H25FN2S. The van der Waals surface area contributed by atoms with Gasteiger partial charge in [-0.3, -0.25) is 0 Å². The smallest absolute Gasteiger partial charge is 0.176 e. The Hall–Kier alpha value is -0.450. The molecule has 0 radical (unpaired) electrons. The van der Waals surface area contributed by atoms with E-state index in [1.165, 1.54) is 21.8 Å². The lowest BCUT2D eigenvalue weighted by Gasteiger charge is -2.10. The minimum atomic E-state index is -0.0327. The Morgan fingerprint density at radius 3 is 2.11 bits per heavy atom. The maximum Gasteiger partial charge on any atom is 0.176 e. The molecule has 18 heavy (non-hydrogen) atoms. The molecule has 0 unspecified atom stereocenters. The Labute approximate surface area is 114 Å². The number of hydrogen-bond acceptors (Lipinski definition) is 3. The van der Waals surface area contributed by atoms with E-state index in [2.05, 4.69) is 38.0 Å². The summed E-state index contributed by atoms with van der Waals surface area (Å²) in [5.41, 5.74) is 1.22. The molecular weight excluding hydrogens is 247 g/mol. The second-order valence-electron chi connectivity index (χ2n) is 5.31. The summed E-state index contributed by atoms with van der Waals surface area (Å²) in [5.74, 6) is 0. The minimum absolute atomic E-state index is 0.0327. The molecule has 1 aromatic heterocycles. The normalized spacial score (nSPS) is 11.7. The van der Waals surface area contributed by atoms with E-state index in [4.69, 9.17) is 0 Å². The fourth-order valence-corrected chi connectivity index (χ4v) is 2.97. The maximum atomic E-state index is 13.4. The van der Waals surface area contributed by atoms with Crippen LogP contribution < -0.4 is 0 Å². The lowest BCUT2D eigenvalue weighted by atomic mass is 10.1. The molecule has 0 aliphatic rings. The van der Waals surface area contributed by atoms with Crippen LogP contribution in [0.3, 0.4) is 0 Å². The van der Waals surface area contributed by atoms with Crippen molar-refractivity contribution in [2.24, 2.45) is 0 Å². The highest BCUT2D eigenvalue weighted by atomic mass is 32.1. The summed E-state index contributed by atoms with van der Waals surface area (Å²) in [7, 11) is 8.30.